The van der Waals surface area contributed by atoms with Crippen molar-refractivity contribution < 1.29 is 4.74 Å². The first-order chi connectivity index (χ1) is 8.36. The molecule has 1 rings (SSSR count). The summed E-state index contributed by atoms with van der Waals surface area (Å²) in [4.78, 5) is 4.20. The Bertz CT molecular complexity index is 304. The van der Waals surface area contributed by atoms with E-state index in [2.05, 4.69) is 28.6 Å². The van der Waals surface area contributed by atoms with Crippen molar-refractivity contribution in [2.75, 3.05) is 37.4 Å². The second-order valence-corrected chi connectivity index (χ2v) is 4.02. The predicted octanol–water partition coefficient (Wildman–Crippen LogP) is 2.74. The molecule has 4 nitrogen and oxygen atoms in total. The maximum Gasteiger partial charge on any atom is 0.0547 e. The first kappa shape index (κ1) is 13.8. The molecule has 0 aliphatic heterocycles. The van der Waals surface area contributed by atoms with E-state index in [1.54, 1.807) is 7.11 Å². The molecule has 0 amide bonds. The van der Waals surface area contributed by atoms with Crippen LogP contribution in [0.2, 0.25) is 0 Å². The van der Waals surface area contributed by atoms with Gasteiger partial charge in [-0.05, 0) is 25.3 Å². The number of nitrogens with zero attached hydrogens (tertiary/aromatic N) is 1. The van der Waals surface area contributed by atoms with E-state index >= 15 is 0 Å². The fourth-order valence-corrected chi connectivity index (χ4v) is 1.51. The molecule has 0 atom stereocenters. The Morgan fingerprint density at radius 3 is 2.47 bits per heavy atom. The Morgan fingerprint density at radius 1 is 1.12 bits per heavy atom. The lowest BCUT2D eigenvalue weighted by Crippen LogP contribution is -2.05. The molecule has 96 valence electrons. The molecular weight excluding hydrogens is 214 g/mol. The average Bonchev–Trinajstić information content (AvgIpc) is 2.37. The lowest BCUT2D eigenvalue weighted by molar-refractivity contribution is 0.194. The lowest BCUT2D eigenvalue weighted by Gasteiger charge is -2.08. The topological polar surface area (TPSA) is 46.2 Å². The summed E-state index contributed by atoms with van der Waals surface area (Å²) in [5.41, 5.74) is 2.15. The molecule has 1 heterocycles. The van der Waals surface area contributed by atoms with Crippen molar-refractivity contribution in [3.8, 4) is 0 Å². The van der Waals surface area contributed by atoms with Gasteiger partial charge in [0, 0.05) is 26.8 Å². The highest BCUT2D eigenvalue weighted by molar-refractivity contribution is 5.53. The van der Waals surface area contributed by atoms with Gasteiger partial charge in [0.05, 0.1) is 23.8 Å². The van der Waals surface area contributed by atoms with E-state index in [1.165, 1.54) is 0 Å². The summed E-state index contributed by atoms with van der Waals surface area (Å²) in [7, 11) is 1.74. The predicted molar refractivity (Wildman–Crippen MR) is 72.6 cm³/mol. The number of aromatic nitrogens is 1. The summed E-state index contributed by atoms with van der Waals surface area (Å²) in [6.07, 6.45) is 7.03. The molecular formula is C13H23N3O. The van der Waals surface area contributed by atoms with Gasteiger partial charge in [0.2, 0.25) is 0 Å². The summed E-state index contributed by atoms with van der Waals surface area (Å²) in [5.74, 6) is 0. The summed E-state index contributed by atoms with van der Waals surface area (Å²) in [6, 6.07) is 2.10. The molecule has 2 N–H and O–H groups in total. The molecule has 0 fully saturated rings. The third-order valence-electron chi connectivity index (χ3n) is 2.42. The van der Waals surface area contributed by atoms with Crippen LogP contribution in [0, 0.1) is 0 Å². The van der Waals surface area contributed by atoms with Crippen LogP contribution in [0.4, 0.5) is 11.4 Å². The Morgan fingerprint density at radius 2 is 1.82 bits per heavy atom. The highest BCUT2D eigenvalue weighted by atomic mass is 16.5. The number of hydrogen-bond donors (Lipinski definition) is 2. The van der Waals surface area contributed by atoms with Crippen molar-refractivity contribution in [1.29, 1.82) is 0 Å². The van der Waals surface area contributed by atoms with Crippen LogP contribution in [0.15, 0.2) is 18.5 Å². The van der Waals surface area contributed by atoms with Gasteiger partial charge in [-0.1, -0.05) is 6.92 Å². The number of unbranched alkanes of at least 4 members (excludes halogenated alkanes) is 1. The Kier molecular flexibility index (Phi) is 7.14. The first-order valence-electron chi connectivity index (χ1n) is 6.28. The molecule has 0 saturated heterocycles. The summed E-state index contributed by atoms with van der Waals surface area (Å²) < 4.78 is 5.01. The number of hydrogen-bond acceptors (Lipinski definition) is 4. The van der Waals surface area contributed by atoms with Gasteiger partial charge in [0.25, 0.3) is 0 Å². The van der Waals surface area contributed by atoms with Gasteiger partial charge in [0.1, 0.15) is 0 Å². The molecule has 0 saturated carbocycles. The van der Waals surface area contributed by atoms with Gasteiger partial charge in [-0.15, -0.1) is 0 Å². The van der Waals surface area contributed by atoms with E-state index in [1.807, 2.05) is 12.4 Å². The minimum Gasteiger partial charge on any atom is -0.385 e. The Labute approximate surface area is 104 Å². The number of pyridine rings is 1. The smallest absolute Gasteiger partial charge is 0.0547 e. The molecule has 0 unspecified atom stereocenters. The van der Waals surface area contributed by atoms with Crippen LogP contribution in [0.5, 0.6) is 0 Å². The Hall–Kier alpha value is -1.29. The number of nitrogens with one attached hydrogen (secondary N) is 2. The van der Waals surface area contributed by atoms with Gasteiger partial charge in [-0.2, -0.15) is 0 Å². The SMILES string of the molecule is CCCNc1cncc(NCCCCOC)c1. The number of methoxy groups -OCH3 is 1. The van der Waals surface area contributed by atoms with Crippen LogP contribution in [0.1, 0.15) is 26.2 Å². The van der Waals surface area contributed by atoms with Crippen molar-refractivity contribution in [1.82, 2.24) is 4.98 Å². The minimum absolute atomic E-state index is 0.831. The van der Waals surface area contributed by atoms with E-state index in [0.717, 1.165) is 50.3 Å². The summed E-state index contributed by atoms with van der Waals surface area (Å²) in [6.45, 7) is 4.93. The normalized spacial score (nSPS) is 10.2. The number of ether oxygens (including phenoxy) is 1. The summed E-state index contributed by atoms with van der Waals surface area (Å²) in [5, 5.41) is 6.69. The number of anilines is 2. The van der Waals surface area contributed by atoms with Crippen LogP contribution >= 0.6 is 0 Å². The van der Waals surface area contributed by atoms with Crippen molar-refractivity contribution >= 4 is 11.4 Å². The van der Waals surface area contributed by atoms with Crippen LogP contribution in [-0.4, -0.2) is 31.8 Å². The lowest BCUT2D eigenvalue weighted by atomic mass is 10.3. The largest absolute Gasteiger partial charge is 0.385 e. The van der Waals surface area contributed by atoms with E-state index in [4.69, 9.17) is 4.74 Å². The minimum atomic E-state index is 0.831. The van der Waals surface area contributed by atoms with E-state index in [9.17, 15) is 0 Å². The van der Waals surface area contributed by atoms with Crippen LogP contribution in [-0.2, 0) is 4.74 Å². The molecule has 17 heavy (non-hydrogen) atoms. The first-order valence-corrected chi connectivity index (χ1v) is 6.28. The van der Waals surface area contributed by atoms with Crippen molar-refractivity contribution in [3.05, 3.63) is 18.5 Å². The molecule has 0 radical (unpaired) electrons. The second kappa shape index (κ2) is 8.82. The van der Waals surface area contributed by atoms with Gasteiger partial charge in [-0.3, -0.25) is 4.98 Å². The van der Waals surface area contributed by atoms with Gasteiger partial charge in [-0.25, -0.2) is 0 Å². The van der Waals surface area contributed by atoms with Crippen LogP contribution in [0.3, 0.4) is 0 Å². The highest BCUT2D eigenvalue weighted by Gasteiger charge is 1.95. The number of rotatable bonds is 9. The van der Waals surface area contributed by atoms with Crippen molar-refractivity contribution in [3.63, 3.8) is 0 Å². The monoisotopic (exact) mass is 237 g/mol. The van der Waals surface area contributed by atoms with Gasteiger partial charge >= 0.3 is 0 Å². The highest BCUT2D eigenvalue weighted by Crippen LogP contribution is 2.12. The quantitative estimate of drug-likeness (QED) is 0.648. The van der Waals surface area contributed by atoms with Crippen molar-refractivity contribution in [2.24, 2.45) is 0 Å². The molecule has 0 aromatic carbocycles. The summed E-state index contributed by atoms with van der Waals surface area (Å²) >= 11 is 0. The van der Waals surface area contributed by atoms with Crippen LogP contribution in [0.25, 0.3) is 0 Å². The van der Waals surface area contributed by atoms with Gasteiger partial charge < -0.3 is 15.4 Å². The van der Waals surface area contributed by atoms with E-state index in [-0.39, 0.29) is 0 Å². The average molecular weight is 237 g/mol. The zero-order valence-corrected chi connectivity index (χ0v) is 10.8. The molecule has 1 aromatic heterocycles. The molecule has 1 aromatic rings. The zero-order valence-electron chi connectivity index (χ0n) is 10.8. The fourth-order valence-electron chi connectivity index (χ4n) is 1.51. The maximum atomic E-state index is 5.01. The Balaban J connectivity index is 2.27. The molecule has 0 spiro atoms. The maximum absolute atomic E-state index is 5.01. The van der Waals surface area contributed by atoms with Crippen LogP contribution < -0.4 is 10.6 Å². The third kappa shape index (κ3) is 6.12. The van der Waals surface area contributed by atoms with Gasteiger partial charge in [0.15, 0.2) is 0 Å². The molecule has 0 aliphatic rings. The molecule has 0 bridgehead atoms. The third-order valence-corrected chi connectivity index (χ3v) is 2.42. The van der Waals surface area contributed by atoms with E-state index < -0.39 is 0 Å². The fraction of sp³-hybridized carbons (Fsp3) is 0.615. The molecule has 4 heteroatoms. The van der Waals surface area contributed by atoms with E-state index in [0.29, 0.717) is 0 Å². The standard InChI is InChI=1S/C13H23N3O/c1-3-6-15-12-9-13(11-14-10-12)16-7-4-5-8-17-2/h9-11,15-16H,3-8H2,1-2H3. The second-order valence-electron chi connectivity index (χ2n) is 4.02. The van der Waals surface area contributed by atoms with Crippen molar-refractivity contribution in [2.45, 2.75) is 26.2 Å². The zero-order chi connectivity index (χ0) is 12.3. The molecule has 0 aliphatic carbocycles.